The summed E-state index contributed by atoms with van der Waals surface area (Å²) >= 11 is 1.54. The van der Waals surface area contributed by atoms with E-state index in [1.807, 2.05) is 18.2 Å². The van der Waals surface area contributed by atoms with E-state index in [1.165, 1.54) is 22.6 Å². The van der Waals surface area contributed by atoms with Crippen LogP contribution in [0.2, 0.25) is 0 Å². The van der Waals surface area contributed by atoms with Gasteiger partial charge in [0.2, 0.25) is 0 Å². The Morgan fingerprint density at radius 3 is 2.89 bits per heavy atom. The van der Waals surface area contributed by atoms with Crippen molar-refractivity contribution in [3.63, 3.8) is 0 Å². The van der Waals surface area contributed by atoms with Crippen LogP contribution in [-0.2, 0) is 6.42 Å². The van der Waals surface area contributed by atoms with Gasteiger partial charge in [-0.3, -0.25) is 4.90 Å². The van der Waals surface area contributed by atoms with E-state index >= 15 is 0 Å². The molecule has 36 heavy (non-hydrogen) atoms. The van der Waals surface area contributed by atoms with E-state index in [2.05, 4.69) is 34.1 Å². The van der Waals surface area contributed by atoms with Crippen LogP contribution in [0.1, 0.15) is 36.8 Å². The number of hydrogen-bond donors (Lipinski definition) is 1. The number of nitrogens with two attached hydrogens (primary N) is 1. The number of amides is 2. The number of carbonyl (C=O) groups excluding carboxylic acids is 1. The van der Waals surface area contributed by atoms with Gasteiger partial charge in [-0.15, -0.1) is 11.3 Å². The summed E-state index contributed by atoms with van der Waals surface area (Å²) in [5.74, 6) is 1.09. The van der Waals surface area contributed by atoms with Crippen molar-refractivity contribution >= 4 is 38.1 Å². The molecule has 0 unspecified atom stereocenters. The lowest BCUT2D eigenvalue weighted by Crippen LogP contribution is -2.36. The van der Waals surface area contributed by atoms with Crippen LogP contribution in [0.4, 0.5) is 15.5 Å². The van der Waals surface area contributed by atoms with Crippen molar-refractivity contribution in [2.45, 2.75) is 32.1 Å². The van der Waals surface area contributed by atoms with Crippen LogP contribution < -0.4 is 20.3 Å². The first-order valence-corrected chi connectivity index (χ1v) is 13.7. The molecule has 2 aromatic carbocycles. The largest absolute Gasteiger partial charge is 0.491 e. The minimum Gasteiger partial charge on any atom is -0.491 e. The fourth-order valence-corrected chi connectivity index (χ4v) is 6.30. The number of ether oxygens (including phenoxy) is 1. The molecule has 0 aliphatic carbocycles. The third-order valence-corrected chi connectivity index (χ3v) is 8.25. The van der Waals surface area contributed by atoms with Gasteiger partial charge >= 0.3 is 6.03 Å². The molecule has 0 spiro atoms. The molecule has 188 valence electrons. The molecule has 2 aliphatic heterocycles. The molecule has 3 aromatic rings. The standard InChI is InChI=1S/C28H33N5O2S/c29-20-21-9-10-25-23(18-21)19-26(36-25)33(28(30)34)14-2-1-11-31-12-5-13-32(16-15-31)24-8-3-6-22-7-4-17-35-27(22)24/h3,6,8-10,18-19H,1-2,4-5,7,11-17H2,(H2,30,34). The molecule has 3 heterocycles. The first-order chi connectivity index (χ1) is 17.6. The predicted octanol–water partition coefficient (Wildman–Crippen LogP) is 4.98. The average Bonchev–Trinajstić information content (AvgIpc) is 3.17. The van der Waals surface area contributed by atoms with E-state index in [-0.39, 0.29) is 0 Å². The number of anilines is 2. The molecule has 2 aliphatic rings. The minimum atomic E-state index is -0.430. The molecule has 1 saturated heterocycles. The van der Waals surface area contributed by atoms with E-state index in [1.54, 1.807) is 11.0 Å². The van der Waals surface area contributed by atoms with Gasteiger partial charge in [0.25, 0.3) is 0 Å². The van der Waals surface area contributed by atoms with Gasteiger partial charge in [-0.05, 0) is 86.5 Å². The first kappa shape index (κ1) is 24.4. The van der Waals surface area contributed by atoms with Crippen molar-refractivity contribution < 1.29 is 9.53 Å². The highest BCUT2D eigenvalue weighted by Gasteiger charge is 2.22. The monoisotopic (exact) mass is 503 g/mol. The number of urea groups is 1. The van der Waals surface area contributed by atoms with E-state index in [0.29, 0.717) is 12.1 Å². The molecule has 1 fully saturated rings. The SMILES string of the molecule is N#Cc1ccc2sc(N(CCCCN3CCCN(c4cccc5c4OCCC5)CC3)C(N)=O)cc2c1. The van der Waals surface area contributed by atoms with Crippen LogP contribution in [-0.4, -0.2) is 56.8 Å². The van der Waals surface area contributed by atoms with Gasteiger partial charge in [0.05, 0.1) is 23.9 Å². The third-order valence-electron chi connectivity index (χ3n) is 7.11. The molecule has 0 saturated carbocycles. The Labute approximate surface area is 216 Å². The zero-order valence-electron chi connectivity index (χ0n) is 20.6. The Hall–Kier alpha value is -3.28. The van der Waals surface area contributed by atoms with Gasteiger partial charge < -0.3 is 20.3 Å². The number of unbranched alkanes of at least 4 members (excludes halogenated alkanes) is 1. The number of thiophene rings is 1. The van der Waals surface area contributed by atoms with Crippen LogP contribution in [0.25, 0.3) is 10.1 Å². The van der Waals surface area contributed by atoms with Crippen molar-refractivity contribution in [3.8, 4) is 11.8 Å². The first-order valence-electron chi connectivity index (χ1n) is 12.8. The molecule has 1 aromatic heterocycles. The van der Waals surface area contributed by atoms with Crippen LogP contribution in [0, 0.1) is 11.3 Å². The summed E-state index contributed by atoms with van der Waals surface area (Å²) in [6.45, 7) is 6.59. The van der Waals surface area contributed by atoms with Crippen LogP contribution in [0.15, 0.2) is 42.5 Å². The quantitative estimate of drug-likeness (QED) is 0.460. The maximum atomic E-state index is 12.2. The lowest BCUT2D eigenvalue weighted by molar-refractivity contribution is 0.253. The van der Waals surface area contributed by atoms with Crippen molar-refractivity contribution in [2.75, 3.05) is 55.7 Å². The van der Waals surface area contributed by atoms with E-state index in [9.17, 15) is 4.79 Å². The number of hydrogen-bond acceptors (Lipinski definition) is 6. The molecule has 0 bridgehead atoms. The maximum Gasteiger partial charge on any atom is 0.319 e. The van der Waals surface area contributed by atoms with Gasteiger partial charge in [0, 0.05) is 30.9 Å². The van der Waals surface area contributed by atoms with Crippen molar-refractivity contribution in [1.29, 1.82) is 5.26 Å². The zero-order valence-corrected chi connectivity index (χ0v) is 21.4. The number of carbonyl (C=O) groups is 1. The summed E-state index contributed by atoms with van der Waals surface area (Å²) in [5.41, 5.74) is 8.93. The Kier molecular flexibility index (Phi) is 7.59. The van der Waals surface area contributed by atoms with Crippen molar-refractivity contribution in [1.82, 2.24) is 4.90 Å². The number of benzene rings is 2. The minimum absolute atomic E-state index is 0.430. The number of aryl methyl sites for hydroxylation is 1. The van der Waals surface area contributed by atoms with Crippen molar-refractivity contribution in [2.24, 2.45) is 5.73 Å². The van der Waals surface area contributed by atoms with Crippen LogP contribution in [0.3, 0.4) is 0 Å². The molecular formula is C28H33N5O2S. The Balaban J connectivity index is 1.13. The molecule has 8 heteroatoms. The van der Waals surface area contributed by atoms with E-state index < -0.39 is 6.03 Å². The maximum absolute atomic E-state index is 12.2. The number of nitrogens with zero attached hydrogens (tertiary/aromatic N) is 4. The van der Waals surface area contributed by atoms with Gasteiger partial charge in [0.1, 0.15) is 10.8 Å². The Bertz CT molecular complexity index is 1270. The Morgan fingerprint density at radius 2 is 2.03 bits per heavy atom. The summed E-state index contributed by atoms with van der Waals surface area (Å²) in [6, 6.07) is 15.8. The lowest BCUT2D eigenvalue weighted by Gasteiger charge is -2.28. The summed E-state index contributed by atoms with van der Waals surface area (Å²) in [4.78, 5) is 18.9. The Morgan fingerprint density at radius 1 is 1.11 bits per heavy atom. The molecule has 5 rings (SSSR count). The van der Waals surface area contributed by atoms with Gasteiger partial charge in [-0.25, -0.2) is 4.79 Å². The number of rotatable bonds is 7. The number of para-hydroxylation sites is 1. The highest BCUT2D eigenvalue weighted by Crippen LogP contribution is 2.36. The third kappa shape index (κ3) is 5.43. The van der Waals surface area contributed by atoms with Gasteiger partial charge in [-0.1, -0.05) is 12.1 Å². The molecule has 7 nitrogen and oxygen atoms in total. The molecule has 0 atom stereocenters. The predicted molar refractivity (Wildman–Crippen MR) is 146 cm³/mol. The molecular weight excluding hydrogens is 470 g/mol. The fraction of sp³-hybridized carbons (Fsp3) is 0.429. The highest BCUT2D eigenvalue weighted by atomic mass is 32.1. The molecule has 2 N–H and O–H groups in total. The smallest absolute Gasteiger partial charge is 0.319 e. The number of nitriles is 1. The normalized spacial score (nSPS) is 16.1. The second-order valence-electron chi connectivity index (χ2n) is 9.55. The summed E-state index contributed by atoms with van der Waals surface area (Å²) < 4.78 is 7.10. The molecule has 2 amide bonds. The van der Waals surface area contributed by atoms with Crippen LogP contribution in [0.5, 0.6) is 5.75 Å². The van der Waals surface area contributed by atoms with Crippen LogP contribution >= 0.6 is 11.3 Å². The summed E-state index contributed by atoms with van der Waals surface area (Å²) in [7, 11) is 0. The summed E-state index contributed by atoms with van der Waals surface area (Å²) in [6.07, 6.45) is 5.23. The average molecular weight is 504 g/mol. The van der Waals surface area contributed by atoms with Gasteiger partial charge in [-0.2, -0.15) is 5.26 Å². The topological polar surface area (TPSA) is 85.8 Å². The number of fused-ring (bicyclic) bond motifs is 2. The summed E-state index contributed by atoms with van der Waals surface area (Å²) in [5, 5.41) is 11.0. The highest BCUT2D eigenvalue weighted by molar-refractivity contribution is 7.23. The van der Waals surface area contributed by atoms with E-state index in [4.69, 9.17) is 15.7 Å². The second kappa shape index (κ2) is 11.2. The van der Waals surface area contributed by atoms with E-state index in [0.717, 1.165) is 92.3 Å². The van der Waals surface area contributed by atoms with Crippen molar-refractivity contribution in [3.05, 3.63) is 53.6 Å². The molecule has 0 radical (unpaired) electrons. The lowest BCUT2D eigenvalue weighted by atomic mass is 10.0. The zero-order chi connectivity index (χ0) is 24.9. The number of primary amides is 1. The second-order valence-corrected chi connectivity index (χ2v) is 10.6. The fourth-order valence-electron chi connectivity index (χ4n) is 5.22. The van der Waals surface area contributed by atoms with Gasteiger partial charge in [0.15, 0.2) is 0 Å².